The summed E-state index contributed by atoms with van der Waals surface area (Å²) in [6.07, 6.45) is 6.88. The van der Waals surface area contributed by atoms with Gasteiger partial charge in [-0.25, -0.2) is 18.4 Å². The molecule has 110 valence electrons. The zero-order valence-electron chi connectivity index (χ0n) is 11.1. The molecule has 0 aliphatic heterocycles. The van der Waals surface area contributed by atoms with Crippen molar-refractivity contribution >= 4 is 33.5 Å². The molecular weight excluding hydrogens is 302 g/mol. The molecule has 1 fully saturated rings. The fourth-order valence-corrected chi connectivity index (χ4v) is 3.02. The molecule has 0 saturated heterocycles. The van der Waals surface area contributed by atoms with Crippen molar-refractivity contribution in [3.63, 3.8) is 0 Å². The van der Waals surface area contributed by atoms with E-state index < -0.39 is 9.84 Å². The molecule has 2 rings (SSSR count). The van der Waals surface area contributed by atoms with Gasteiger partial charge in [0.1, 0.15) is 11.0 Å². The summed E-state index contributed by atoms with van der Waals surface area (Å²) in [5, 5.41) is 2.61. The van der Waals surface area contributed by atoms with Crippen LogP contribution >= 0.6 is 11.6 Å². The number of anilines is 1. The Morgan fingerprint density at radius 2 is 1.90 bits per heavy atom. The smallest absolute Gasteiger partial charge is 0.250 e. The summed E-state index contributed by atoms with van der Waals surface area (Å²) in [4.78, 5) is 18.7. The van der Waals surface area contributed by atoms with Crippen molar-refractivity contribution in [1.29, 1.82) is 0 Å². The Kier molecular flexibility index (Phi) is 4.59. The number of aromatic nitrogens is 2. The number of halogens is 1. The molecule has 6 nitrogen and oxygen atoms in total. The summed E-state index contributed by atoms with van der Waals surface area (Å²) in [7, 11) is -3.58. The third-order valence-electron chi connectivity index (χ3n) is 3.27. The first-order valence-electron chi connectivity index (χ1n) is 6.41. The number of rotatable bonds is 4. The van der Waals surface area contributed by atoms with Crippen molar-refractivity contribution in [3.05, 3.63) is 10.7 Å². The van der Waals surface area contributed by atoms with Gasteiger partial charge in [-0.15, -0.1) is 0 Å². The average Bonchev–Trinajstić information content (AvgIpc) is 2.38. The molecule has 0 aromatic carbocycles. The molecule has 0 amide bonds. The van der Waals surface area contributed by atoms with Crippen LogP contribution in [-0.4, -0.2) is 37.0 Å². The molecule has 1 N–H and O–H groups in total. The monoisotopic (exact) mass is 317 g/mol. The zero-order valence-corrected chi connectivity index (χ0v) is 12.7. The number of aldehydes is 1. The lowest BCUT2D eigenvalue weighted by Crippen LogP contribution is -2.24. The Labute approximate surface area is 122 Å². The number of nitrogens with zero attached hydrogens (tertiary/aromatic N) is 2. The van der Waals surface area contributed by atoms with E-state index in [4.69, 9.17) is 11.6 Å². The van der Waals surface area contributed by atoms with Gasteiger partial charge in [-0.3, -0.25) is 4.79 Å². The minimum absolute atomic E-state index is 0.102. The Morgan fingerprint density at radius 3 is 2.45 bits per heavy atom. The van der Waals surface area contributed by atoms with E-state index in [1.807, 2.05) is 0 Å². The van der Waals surface area contributed by atoms with E-state index in [1.165, 1.54) is 6.42 Å². The number of carbonyl (C=O) groups excluding carboxylic acids is 1. The molecule has 0 bridgehead atoms. The first-order valence-corrected chi connectivity index (χ1v) is 8.68. The highest BCUT2D eigenvalue weighted by Gasteiger charge is 2.21. The molecule has 1 saturated carbocycles. The van der Waals surface area contributed by atoms with Crippen LogP contribution in [0.5, 0.6) is 0 Å². The molecule has 1 heterocycles. The van der Waals surface area contributed by atoms with Crippen LogP contribution in [-0.2, 0) is 9.84 Å². The molecule has 1 aromatic rings. The minimum atomic E-state index is -3.58. The molecule has 8 heteroatoms. The van der Waals surface area contributed by atoms with Crippen molar-refractivity contribution < 1.29 is 13.2 Å². The summed E-state index contributed by atoms with van der Waals surface area (Å²) in [6.45, 7) is 0. The van der Waals surface area contributed by atoms with Gasteiger partial charge in [-0.1, -0.05) is 30.9 Å². The van der Waals surface area contributed by atoms with E-state index in [0.717, 1.165) is 31.9 Å². The van der Waals surface area contributed by atoms with Gasteiger partial charge < -0.3 is 5.32 Å². The topological polar surface area (TPSA) is 89.0 Å². The highest BCUT2D eigenvalue weighted by atomic mass is 35.5. The standard InChI is InChI=1S/C12H16ClN3O3S/c1-20(18,19)12-15-10(13)9(7-17)11(16-12)14-8-5-3-2-4-6-8/h7-8H,2-6H2,1H3,(H,14,15,16). The summed E-state index contributed by atoms with van der Waals surface area (Å²) in [5.74, 6) is 0.201. The first kappa shape index (κ1) is 15.2. The highest BCUT2D eigenvalue weighted by molar-refractivity contribution is 7.90. The van der Waals surface area contributed by atoms with Crippen LogP contribution in [0.3, 0.4) is 0 Å². The zero-order chi connectivity index (χ0) is 14.8. The molecule has 20 heavy (non-hydrogen) atoms. The van der Waals surface area contributed by atoms with Crippen LogP contribution in [0.25, 0.3) is 0 Å². The molecule has 0 spiro atoms. The number of carbonyl (C=O) groups is 1. The van der Waals surface area contributed by atoms with Crippen LogP contribution in [0.15, 0.2) is 5.16 Å². The summed E-state index contributed by atoms with van der Waals surface area (Å²) >= 11 is 5.87. The van der Waals surface area contributed by atoms with Gasteiger partial charge in [-0.2, -0.15) is 0 Å². The van der Waals surface area contributed by atoms with Gasteiger partial charge >= 0.3 is 0 Å². The van der Waals surface area contributed by atoms with E-state index in [0.29, 0.717) is 6.29 Å². The largest absolute Gasteiger partial charge is 0.367 e. The molecule has 0 radical (unpaired) electrons. The number of hydrogen-bond donors (Lipinski definition) is 1. The lowest BCUT2D eigenvalue weighted by Gasteiger charge is -2.24. The maximum Gasteiger partial charge on any atom is 0.250 e. The van der Waals surface area contributed by atoms with Crippen LogP contribution in [0.4, 0.5) is 5.82 Å². The lowest BCUT2D eigenvalue weighted by atomic mass is 9.95. The second-order valence-electron chi connectivity index (χ2n) is 4.93. The Hall–Kier alpha value is -1.21. The van der Waals surface area contributed by atoms with Gasteiger partial charge in [0.25, 0.3) is 0 Å². The summed E-state index contributed by atoms with van der Waals surface area (Å²) in [5.41, 5.74) is 0.102. The van der Waals surface area contributed by atoms with E-state index in [-0.39, 0.29) is 27.7 Å². The second kappa shape index (κ2) is 6.05. The fourth-order valence-electron chi connectivity index (χ4n) is 2.24. The fraction of sp³-hybridized carbons (Fsp3) is 0.583. The van der Waals surface area contributed by atoms with Gasteiger partial charge in [0.2, 0.25) is 15.0 Å². The number of sulfone groups is 1. The van der Waals surface area contributed by atoms with Crippen LogP contribution in [0.1, 0.15) is 42.5 Å². The maximum atomic E-state index is 11.5. The van der Waals surface area contributed by atoms with Crippen molar-refractivity contribution in [2.24, 2.45) is 0 Å². The van der Waals surface area contributed by atoms with Crippen molar-refractivity contribution in [3.8, 4) is 0 Å². The van der Waals surface area contributed by atoms with Crippen molar-refractivity contribution in [2.45, 2.75) is 43.3 Å². The van der Waals surface area contributed by atoms with Crippen molar-refractivity contribution in [1.82, 2.24) is 9.97 Å². The Morgan fingerprint density at radius 1 is 1.25 bits per heavy atom. The van der Waals surface area contributed by atoms with Gasteiger partial charge in [0, 0.05) is 12.3 Å². The molecule has 1 aliphatic rings. The van der Waals surface area contributed by atoms with E-state index in [2.05, 4.69) is 15.3 Å². The summed E-state index contributed by atoms with van der Waals surface area (Å²) < 4.78 is 23.1. The molecule has 1 aliphatic carbocycles. The number of hydrogen-bond acceptors (Lipinski definition) is 6. The molecule has 1 aromatic heterocycles. The lowest BCUT2D eigenvalue weighted by molar-refractivity contribution is 0.112. The van der Waals surface area contributed by atoms with Crippen LogP contribution in [0, 0.1) is 0 Å². The van der Waals surface area contributed by atoms with E-state index in [1.54, 1.807) is 0 Å². The normalized spacial score (nSPS) is 16.9. The average molecular weight is 318 g/mol. The highest BCUT2D eigenvalue weighted by Crippen LogP contribution is 2.25. The van der Waals surface area contributed by atoms with Gasteiger partial charge in [0.05, 0.1) is 5.56 Å². The molecule has 0 atom stereocenters. The molecular formula is C12H16ClN3O3S. The SMILES string of the molecule is CS(=O)(=O)c1nc(Cl)c(C=O)c(NC2CCCCC2)n1. The van der Waals surface area contributed by atoms with Crippen LogP contribution in [0.2, 0.25) is 5.15 Å². The summed E-state index contributed by atoms with van der Waals surface area (Å²) in [6, 6.07) is 0.181. The second-order valence-corrected chi connectivity index (χ2v) is 7.20. The molecule has 0 unspecified atom stereocenters. The Balaban J connectivity index is 2.38. The predicted octanol–water partition coefficient (Wildman–Crippen LogP) is 2.09. The van der Waals surface area contributed by atoms with Crippen molar-refractivity contribution in [2.75, 3.05) is 11.6 Å². The van der Waals surface area contributed by atoms with E-state index >= 15 is 0 Å². The number of nitrogens with one attached hydrogen (secondary N) is 1. The Bertz CT molecular complexity index is 613. The maximum absolute atomic E-state index is 11.5. The third kappa shape index (κ3) is 3.46. The minimum Gasteiger partial charge on any atom is -0.367 e. The van der Waals surface area contributed by atoms with Gasteiger partial charge in [0.15, 0.2) is 6.29 Å². The third-order valence-corrected chi connectivity index (χ3v) is 4.41. The first-order chi connectivity index (χ1) is 9.41. The van der Waals surface area contributed by atoms with Gasteiger partial charge in [-0.05, 0) is 12.8 Å². The van der Waals surface area contributed by atoms with E-state index in [9.17, 15) is 13.2 Å². The predicted molar refractivity (Wildman–Crippen MR) is 76.0 cm³/mol. The quantitative estimate of drug-likeness (QED) is 0.519. The van der Waals surface area contributed by atoms with Crippen LogP contribution < -0.4 is 5.32 Å².